The topological polar surface area (TPSA) is 105 Å². The first-order chi connectivity index (χ1) is 23.6. The van der Waals surface area contributed by atoms with Crippen LogP contribution in [0.1, 0.15) is 0 Å². The summed E-state index contributed by atoms with van der Waals surface area (Å²) in [6.07, 6.45) is 0. The van der Waals surface area contributed by atoms with Gasteiger partial charge in [-0.2, -0.15) is 0 Å². The summed E-state index contributed by atoms with van der Waals surface area (Å²) >= 11 is 0. The average Bonchev–Trinajstić information content (AvgIpc) is 3.84. The largest absolute Gasteiger partial charge is 0.456 e. The number of hydrogen-bond acceptors (Lipinski definition) is 5. The van der Waals surface area contributed by atoms with E-state index in [2.05, 4.69) is 0 Å². The molecule has 0 atom stereocenters. The minimum absolute atomic E-state index is 0.138. The van der Waals surface area contributed by atoms with Crippen LogP contribution in [-0.2, 0) is 0 Å². The van der Waals surface area contributed by atoms with E-state index in [1.165, 1.54) is 10.6 Å². The van der Waals surface area contributed by atoms with Crippen molar-refractivity contribution in [1.29, 1.82) is 0 Å². The molecule has 10 nitrogen and oxygen atoms in total. The number of para-hydroxylation sites is 6. The Labute approximate surface area is 269 Å². The molecule has 0 saturated carbocycles. The number of furan rings is 1. The Kier molecular flexibility index (Phi) is 5.22. The van der Waals surface area contributed by atoms with Crippen molar-refractivity contribution in [3.05, 3.63) is 154 Å². The molecule has 48 heavy (non-hydrogen) atoms. The lowest BCUT2D eigenvalue weighted by molar-refractivity contribution is -0.384. The maximum absolute atomic E-state index is 14.5. The molecule has 0 amide bonds. The number of nitrogens with zero attached hydrogens (tertiary/aromatic N) is 6. The molecule has 0 unspecified atom stereocenters. The summed E-state index contributed by atoms with van der Waals surface area (Å²) in [5.41, 5.74) is 6.50. The lowest BCUT2D eigenvalue weighted by Crippen LogP contribution is -2.22. The fourth-order valence-corrected chi connectivity index (χ4v) is 7.07. The van der Waals surface area contributed by atoms with E-state index in [1.807, 2.05) is 124 Å². The standard InChI is InChI=1S/C38H22N6O4/c45-38-41(24-18-19-36-26(20-24)25-12-4-9-17-35(25)48-36)29-14-6-8-16-31(29)43(38)33-21-27-32(22-34(33)44(46)47)42-30-15-7-5-13-28(30)40(37(42)39-27)23-10-2-1-3-11-23/h1-22H. The van der Waals surface area contributed by atoms with Crippen molar-refractivity contribution < 1.29 is 9.34 Å². The van der Waals surface area contributed by atoms with E-state index in [-0.39, 0.29) is 11.4 Å². The minimum Gasteiger partial charge on any atom is -0.456 e. The molecule has 0 saturated heterocycles. The molecule has 4 heterocycles. The van der Waals surface area contributed by atoms with Crippen LogP contribution < -0.4 is 5.69 Å². The molecule has 0 bridgehead atoms. The number of benzene rings is 6. The van der Waals surface area contributed by atoms with Crippen molar-refractivity contribution in [2.45, 2.75) is 0 Å². The van der Waals surface area contributed by atoms with Gasteiger partial charge in [-0.15, -0.1) is 0 Å². The Morgan fingerprint density at radius 1 is 0.583 bits per heavy atom. The van der Waals surface area contributed by atoms with Crippen molar-refractivity contribution in [3.8, 4) is 17.1 Å². The minimum atomic E-state index is -0.438. The second kappa shape index (κ2) is 9.54. The van der Waals surface area contributed by atoms with Gasteiger partial charge in [0.15, 0.2) is 0 Å². The number of imidazole rings is 3. The lowest BCUT2D eigenvalue weighted by atomic mass is 10.1. The van der Waals surface area contributed by atoms with Gasteiger partial charge in [-0.1, -0.05) is 60.7 Å². The summed E-state index contributed by atoms with van der Waals surface area (Å²) in [4.78, 5) is 31.9. The molecular weight excluding hydrogens is 604 g/mol. The van der Waals surface area contributed by atoms with E-state index in [4.69, 9.17) is 9.40 Å². The Balaban J connectivity index is 1.27. The van der Waals surface area contributed by atoms with E-state index in [0.29, 0.717) is 39.1 Å². The number of nitro benzene ring substituents is 1. The van der Waals surface area contributed by atoms with Crippen LogP contribution in [0.25, 0.3) is 77.9 Å². The molecule has 0 aliphatic carbocycles. The van der Waals surface area contributed by atoms with Gasteiger partial charge in [0.05, 0.1) is 43.7 Å². The Morgan fingerprint density at radius 3 is 2.00 bits per heavy atom. The highest BCUT2D eigenvalue weighted by molar-refractivity contribution is 6.05. The molecule has 0 aliphatic rings. The molecule has 10 rings (SSSR count). The van der Waals surface area contributed by atoms with Crippen LogP contribution in [0.15, 0.2) is 143 Å². The number of hydrogen-bond donors (Lipinski definition) is 0. The van der Waals surface area contributed by atoms with Gasteiger partial charge < -0.3 is 4.42 Å². The number of aromatic nitrogens is 5. The van der Waals surface area contributed by atoms with Gasteiger partial charge in [0.2, 0.25) is 5.78 Å². The summed E-state index contributed by atoms with van der Waals surface area (Å²) in [6.45, 7) is 0. The second-order valence-corrected chi connectivity index (χ2v) is 11.7. The van der Waals surface area contributed by atoms with Gasteiger partial charge in [-0.05, 0) is 66.7 Å². The van der Waals surface area contributed by atoms with Crippen LogP contribution in [0.2, 0.25) is 0 Å². The van der Waals surface area contributed by atoms with Crippen molar-refractivity contribution in [2.24, 2.45) is 0 Å². The van der Waals surface area contributed by atoms with Crippen LogP contribution in [0.4, 0.5) is 5.69 Å². The maximum atomic E-state index is 14.5. The zero-order valence-electron chi connectivity index (χ0n) is 25.0. The third-order valence-corrected chi connectivity index (χ3v) is 9.11. The van der Waals surface area contributed by atoms with Crippen molar-refractivity contribution in [3.63, 3.8) is 0 Å². The zero-order valence-corrected chi connectivity index (χ0v) is 25.0. The number of rotatable bonds is 4. The highest BCUT2D eigenvalue weighted by Crippen LogP contribution is 2.36. The quantitative estimate of drug-likeness (QED) is 0.144. The van der Waals surface area contributed by atoms with Gasteiger partial charge in [0, 0.05) is 22.5 Å². The molecule has 6 aromatic carbocycles. The fourth-order valence-electron chi connectivity index (χ4n) is 7.07. The molecule has 0 spiro atoms. The molecule has 228 valence electrons. The lowest BCUT2D eigenvalue weighted by Gasteiger charge is -2.06. The van der Waals surface area contributed by atoms with Gasteiger partial charge in [0.1, 0.15) is 16.9 Å². The summed E-state index contributed by atoms with van der Waals surface area (Å²) in [5.74, 6) is 0.610. The summed E-state index contributed by atoms with van der Waals surface area (Å²) in [5, 5.41) is 14.6. The first-order valence-corrected chi connectivity index (χ1v) is 15.4. The monoisotopic (exact) mass is 626 g/mol. The molecule has 0 radical (unpaired) electrons. The van der Waals surface area contributed by atoms with Crippen molar-refractivity contribution in [1.82, 2.24) is 23.1 Å². The van der Waals surface area contributed by atoms with Gasteiger partial charge in [0.25, 0.3) is 5.69 Å². The molecule has 4 aromatic heterocycles. The predicted octanol–water partition coefficient (Wildman–Crippen LogP) is 8.33. The fraction of sp³-hybridized carbons (Fsp3) is 0. The third kappa shape index (κ3) is 3.50. The zero-order chi connectivity index (χ0) is 32.1. The molecule has 0 fully saturated rings. The summed E-state index contributed by atoms with van der Waals surface area (Å²) in [6, 6.07) is 41.6. The second-order valence-electron chi connectivity index (χ2n) is 11.7. The summed E-state index contributed by atoms with van der Waals surface area (Å²) in [7, 11) is 0. The van der Waals surface area contributed by atoms with Crippen LogP contribution in [0, 0.1) is 10.1 Å². The average molecular weight is 627 g/mol. The third-order valence-electron chi connectivity index (χ3n) is 9.11. The molecule has 10 aromatic rings. The van der Waals surface area contributed by atoms with Crippen LogP contribution >= 0.6 is 0 Å². The number of nitro groups is 1. The Hall–Kier alpha value is -6.94. The highest BCUT2D eigenvalue weighted by Gasteiger charge is 2.27. The van der Waals surface area contributed by atoms with E-state index < -0.39 is 10.6 Å². The summed E-state index contributed by atoms with van der Waals surface area (Å²) < 4.78 is 13.0. The molecule has 0 aliphatic heterocycles. The predicted molar refractivity (Wildman–Crippen MR) is 186 cm³/mol. The highest BCUT2D eigenvalue weighted by atomic mass is 16.6. The Bertz CT molecular complexity index is 3010. The van der Waals surface area contributed by atoms with Crippen LogP contribution in [-0.4, -0.2) is 28.0 Å². The van der Waals surface area contributed by atoms with Crippen molar-refractivity contribution in [2.75, 3.05) is 0 Å². The SMILES string of the molecule is O=c1n(-c2ccc3oc4ccccc4c3c2)c2ccccc2n1-c1cc2nc3n(-c4ccccc4)c4ccccc4n3c2cc1[N+](=O)[O-]. The van der Waals surface area contributed by atoms with Gasteiger partial charge in [-0.3, -0.25) is 28.2 Å². The van der Waals surface area contributed by atoms with Gasteiger partial charge >= 0.3 is 5.69 Å². The smallest absolute Gasteiger partial charge is 0.338 e. The normalized spacial score (nSPS) is 12.0. The maximum Gasteiger partial charge on any atom is 0.338 e. The Morgan fingerprint density at radius 2 is 1.23 bits per heavy atom. The van der Waals surface area contributed by atoms with Crippen LogP contribution in [0.3, 0.4) is 0 Å². The van der Waals surface area contributed by atoms with Gasteiger partial charge in [-0.25, -0.2) is 9.78 Å². The van der Waals surface area contributed by atoms with E-state index in [1.54, 1.807) is 16.7 Å². The molecular formula is C38H22N6O4. The van der Waals surface area contributed by atoms with Crippen LogP contribution in [0.5, 0.6) is 0 Å². The van der Waals surface area contributed by atoms with E-state index >= 15 is 0 Å². The first-order valence-electron chi connectivity index (χ1n) is 15.4. The molecule has 0 N–H and O–H groups in total. The molecule has 10 heteroatoms. The van der Waals surface area contributed by atoms with E-state index in [0.717, 1.165) is 33.1 Å². The number of fused-ring (bicyclic) bond motifs is 9. The van der Waals surface area contributed by atoms with E-state index in [9.17, 15) is 14.9 Å². The first kappa shape index (κ1) is 26.3. The van der Waals surface area contributed by atoms with Crippen molar-refractivity contribution >= 4 is 66.5 Å².